The summed E-state index contributed by atoms with van der Waals surface area (Å²) in [5.74, 6) is 2.36. The van der Waals surface area contributed by atoms with Gasteiger partial charge in [0.1, 0.15) is 0 Å². The standard InChI is InChI=1S/C17H29N3O2/c1-6-10-22-15-9-8-14(11-16(15)21-5)12-19-17(18-7-2)20-13(3)4/h8-9,11,13H,6-7,10,12H2,1-5H3,(H2,18,19,20). The quantitative estimate of drug-likeness (QED) is 0.573. The Kier molecular flexibility index (Phi) is 8.18. The first-order valence-electron chi connectivity index (χ1n) is 7.95. The number of guanidine groups is 1. The molecule has 0 unspecified atom stereocenters. The molecule has 0 amide bonds. The van der Waals surface area contributed by atoms with Gasteiger partial charge in [-0.25, -0.2) is 4.99 Å². The van der Waals surface area contributed by atoms with Gasteiger partial charge < -0.3 is 20.1 Å². The lowest BCUT2D eigenvalue weighted by molar-refractivity contribution is 0.294. The van der Waals surface area contributed by atoms with E-state index >= 15 is 0 Å². The Morgan fingerprint density at radius 3 is 2.59 bits per heavy atom. The summed E-state index contributed by atoms with van der Waals surface area (Å²) in [4.78, 5) is 4.59. The number of rotatable bonds is 8. The molecule has 1 rings (SSSR count). The van der Waals surface area contributed by atoms with Crippen molar-refractivity contribution in [3.05, 3.63) is 23.8 Å². The van der Waals surface area contributed by atoms with Crippen LogP contribution in [0.3, 0.4) is 0 Å². The van der Waals surface area contributed by atoms with Crippen molar-refractivity contribution >= 4 is 5.96 Å². The van der Waals surface area contributed by atoms with Crippen LogP contribution in [-0.2, 0) is 6.54 Å². The maximum Gasteiger partial charge on any atom is 0.191 e. The largest absolute Gasteiger partial charge is 0.493 e. The molecule has 0 atom stereocenters. The van der Waals surface area contributed by atoms with Crippen molar-refractivity contribution in [3.8, 4) is 11.5 Å². The van der Waals surface area contributed by atoms with Crippen LogP contribution in [0.25, 0.3) is 0 Å². The summed E-state index contributed by atoms with van der Waals surface area (Å²) >= 11 is 0. The summed E-state index contributed by atoms with van der Waals surface area (Å²) in [6.07, 6.45) is 0.974. The van der Waals surface area contributed by atoms with Gasteiger partial charge in [0.25, 0.3) is 0 Å². The predicted octanol–water partition coefficient (Wildman–Crippen LogP) is 2.95. The Bertz CT molecular complexity index is 473. The lowest BCUT2D eigenvalue weighted by atomic mass is 10.2. The molecular formula is C17H29N3O2. The molecule has 1 aromatic rings. The normalized spacial score (nSPS) is 11.5. The van der Waals surface area contributed by atoms with Gasteiger partial charge in [0.15, 0.2) is 17.5 Å². The molecule has 0 aliphatic carbocycles. The minimum atomic E-state index is 0.345. The zero-order valence-corrected chi connectivity index (χ0v) is 14.4. The van der Waals surface area contributed by atoms with E-state index in [4.69, 9.17) is 9.47 Å². The highest BCUT2D eigenvalue weighted by Gasteiger charge is 2.06. The minimum absolute atomic E-state index is 0.345. The van der Waals surface area contributed by atoms with E-state index < -0.39 is 0 Å². The third-order valence-corrected chi connectivity index (χ3v) is 2.88. The van der Waals surface area contributed by atoms with Crippen molar-refractivity contribution in [1.82, 2.24) is 10.6 Å². The molecule has 0 saturated heterocycles. The van der Waals surface area contributed by atoms with E-state index in [0.717, 1.165) is 36.0 Å². The van der Waals surface area contributed by atoms with E-state index in [9.17, 15) is 0 Å². The number of nitrogens with one attached hydrogen (secondary N) is 2. The molecule has 1 aromatic carbocycles. The van der Waals surface area contributed by atoms with Gasteiger partial charge in [-0.3, -0.25) is 0 Å². The lowest BCUT2D eigenvalue weighted by Crippen LogP contribution is -2.40. The summed E-state index contributed by atoms with van der Waals surface area (Å²) in [6, 6.07) is 6.29. The molecule has 0 saturated carbocycles. The number of ether oxygens (including phenoxy) is 2. The van der Waals surface area contributed by atoms with Crippen molar-refractivity contribution in [1.29, 1.82) is 0 Å². The maximum atomic E-state index is 5.66. The molecule has 5 heteroatoms. The van der Waals surface area contributed by atoms with Crippen molar-refractivity contribution in [3.63, 3.8) is 0 Å². The molecule has 5 nitrogen and oxygen atoms in total. The number of benzene rings is 1. The third-order valence-electron chi connectivity index (χ3n) is 2.88. The van der Waals surface area contributed by atoms with E-state index in [2.05, 4.69) is 43.3 Å². The molecule has 124 valence electrons. The molecule has 0 bridgehead atoms. The Labute approximate surface area is 134 Å². The van der Waals surface area contributed by atoms with Crippen LogP contribution in [0.5, 0.6) is 11.5 Å². The van der Waals surface area contributed by atoms with Crippen LogP contribution in [0.15, 0.2) is 23.2 Å². The van der Waals surface area contributed by atoms with Gasteiger partial charge in [0.05, 0.1) is 20.3 Å². The number of aliphatic imine (C=N–C) groups is 1. The minimum Gasteiger partial charge on any atom is -0.493 e. The Balaban J connectivity index is 2.79. The number of methoxy groups -OCH3 is 1. The van der Waals surface area contributed by atoms with E-state index in [1.165, 1.54) is 0 Å². The highest BCUT2D eigenvalue weighted by Crippen LogP contribution is 2.28. The van der Waals surface area contributed by atoms with Crippen molar-refractivity contribution in [2.24, 2.45) is 4.99 Å². The fourth-order valence-electron chi connectivity index (χ4n) is 1.91. The summed E-state index contributed by atoms with van der Waals surface area (Å²) in [5, 5.41) is 6.54. The molecule has 0 aliphatic heterocycles. The van der Waals surface area contributed by atoms with E-state index in [1.807, 2.05) is 18.2 Å². The Morgan fingerprint density at radius 2 is 2.00 bits per heavy atom. The van der Waals surface area contributed by atoms with Crippen molar-refractivity contribution in [2.45, 2.75) is 46.7 Å². The molecule has 22 heavy (non-hydrogen) atoms. The number of hydrogen-bond acceptors (Lipinski definition) is 3. The summed E-state index contributed by atoms with van der Waals surface area (Å²) < 4.78 is 11.1. The molecule has 0 heterocycles. The fraction of sp³-hybridized carbons (Fsp3) is 0.588. The average Bonchev–Trinajstić information content (AvgIpc) is 2.50. The Hall–Kier alpha value is -1.91. The summed E-state index contributed by atoms with van der Waals surface area (Å²) in [7, 11) is 1.66. The molecule has 0 spiro atoms. The van der Waals surface area contributed by atoms with Gasteiger partial charge >= 0.3 is 0 Å². The van der Waals surface area contributed by atoms with Gasteiger partial charge in [-0.1, -0.05) is 13.0 Å². The molecule has 0 aliphatic rings. The first-order valence-corrected chi connectivity index (χ1v) is 7.95. The zero-order valence-electron chi connectivity index (χ0n) is 14.4. The van der Waals surface area contributed by atoms with Crippen LogP contribution in [0.1, 0.15) is 39.7 Å². The lowest BCUT2D eigenvalue weighted by Gasteiger charge is -2.14. The zero-order chi connectivity index (χ0) is 16.4. The summed E-state index contributed by atoms with van der Waals surface area (Å²) in [5.41, 5.74) is 1.08. The first kappa shape index (κ1) is 18.1. The van der Waals surface area contributed by atoms with Crippen LogP contribution in [-0.4, -0.2) is 32.3 Å². The van der Waals surface area contributed by atoms with Crippen LogP contribution in [0, 0.1) is 0 Å². The smallest absolute Gasteiger partial charge is 0.191 e. The first-order chi connectivity index (χ1) is 10.6. The Morgan fingerprint density at radius 1 is 1.23 bits per heavy atom. The topological polar surface area (TPSA) is 54.9 Å². The molecule has 0 radical (unpaired) electrons. The monoisotopic (exact) mass is 307 g/mol. The average molecular weight is 307 g/mol. The van der Waals surface area contributed by atoms with Crippen molar-refractivity contribution < 1.29 is 9.47 Å². The molecule has 0 aromatic heterocycles. The second kappa shape index (κ2) is 9.92. The molecule has 0 fully saturated rings. The molecule has 2 N–H and O–H groups in total. The highest BCUT2D eigenvalue weighted by atomic mass is 16.5. The van der Waals surface area contributed by atoms with Gasteiger partial charge in [0.2, 0.25) is 0 Å². The third kappa shape index (κ3) is 6.24. The highest BCUT2D eigenvalue weighted by molar-refractivity contribution is 5.80. The van der Waals surface area contributed by atoms with Crippen LogP contribution in [0.2, 0.25) is 0 Å². The van der Waals surface area contributed by atoms with Gasteiger partial charge in [-0.05, 0) is 44.9 Å². The number of hydrogen-bond donors (Lipinski definition) is 2. The van der Waals surface area contributed by atoms with E-state index in [0.29, 0.717) is 19.2 Å². The van der Waals surface area contributed by atoms with Crippen LogP contribution < -0.4 is 20.1 Å². The summed E-state index contributed by atoms with van der Waals surface area (Å²) in [6.45, 7) is 10.4. The number of nitrogens with zero attached hydrogens (tertiary/aromatic N) is 1. The van der Waals surface area contributed by atoms with Gasteiger partial charge in [0, 0.05) is 12.6 Å². The van der Waals surface area contributed by atoms with Crippen molar-refractivity contribution in [2.75, 3.05) is 20.3 Å². The SMILES string of the molecule is CCCOc1ccc(CN=C(NCC)NC(C)C)cc1OC. The molecular weight excluding hydrogens is 278 g/mol. The van der Waals surface area contributed by atoms with Crippen LogP contribution >= 0.6 is 0 Å². The van der Waals surface area contributed by atoms with Gasteiger partial charge in [-0.15, -0.1) is 0 Å². The van der Waals surface area contributed by atoms with E-state index in [-0.39, 0.29) is 0 Å². The van der Waals surface area contributed by atoms with Crippen LogP contribution in [0.4, 0.5) is 0 Å². The second-order valence-corrected chi connectivity index (χ2v) is 5.33. The predicted molar refractivity (Wildman–Crippen MR) is 91.9 cm³/mol. The van der Waals surface area contributed by atoms with E-state index in [1.54, 1.807) is 7.11 Å². The maximum absolute atomic E-state index is 5.66. The van der Waals surface area contributed by atoms with Gasteiger partial charge in [-0.2, -0.15) is 0 Å². The second-order valence-electron chi connectivity index (χ2n) is 5.33. The fourth-order valence-corrected chi connectivity index (χ4v) is 1.91.